The van der Waals surface area contributed by atoms with E-state index in [1.165, 1.54) is 0 Å². The third-order valence-electron chi connectivity index (χ3n) is 0.852. The molecule has 56 valence electrons. The van der Waals surface area contributed by atoms with Crippen molar-refractivity contribution >= 4 is 11.6 Å². The van der Waals surface area contributed by atoms with Gasteiger partial charge in [-0.15, -0.1) is 11.6 Å². The largest absolute Gasteiger partial charge is 0.396 e. The maximum atomic E-state index is 8.36. The van der Waals surface area contributed by atoms with Crippen LogP contribution in [0.5, 0.6) is 0 Å². The molecule has 0 heterocycles. The molecule has 0 rings (SSSR count). The summed E-state index contributed by atoms with van der Waals surface area (Å²) in [6.07, 6.45) is 5.02. The molecule has 0 saturated heterocycles. The zero-order valence-corrected chi connectivity index (χ0v) is 6.56. The summed E-state index contributed by atoms with van der Waals surface area (Å²) in [7, 11) is 0. The summed E-state index contributed by atoms with van der Waals surface area (Å²) >= 11 is 5.35. The molecule has 0 aromatic heterocycles. The first-order valence-corrected chi connectivity index (χ1v) is 3.75. The average Bonchev–Trinajstić information content (AvgIpc) is 1.97. The molecule has 1 N–H and O–H groups in total. The van der Waals surface area contributed by atoms with Gasteiger partial charge in [-0.2, -0.15) is 0 Å². The molecule has 2 heteroatoms. The zero-order valence-electron chi connectivity index (χ0n) is 5.81. The molecule has 0 aromatic rings. The van der Waals surface area contributed by atoms with E-state index in [2.05, 4.69) is 11.8 Å². The van der Waals surface area contributed by atoms with Crippen LogP contribution in [0, 0.1) is 11.8 Å². The van der Waals surface area contributed by atoms with Crippen LogP contribution in [0.15, 0.2) is 12.2 Å². The molecule has 0 aliphatic heterocycles. The van der Waals surface area contributed by atoms with Crippen LogP contribution >= 0.6 is 11.6 Å². The van der Waals surface area contributed by atoms with Crippen molar-refractivity contribution in [2.24, 2.45) is 0 Å². The van der Waals surface area contributed by atoms with Gasteiger partial charge < -0.3 is 5.11 Å². The minimum Gasteiger partial charge on any atom is -0.396 e. The number of hydrogen-bond donors (Lipinski definition) is 1. The van der Waals surface area contributed by atoms with Gasteiger partial charge in [0.05, 0.1) is 0 Å². The Balaban J connectivity index is 3.22. The second-order valence-corrected chi connectivity index (χ2v) is 2.01. The van der Waals surface area contributed by atoms with Crippen molar-refractivity contribution in [3.05, 3.63) is 12.2 Å². The Hall–Kier alpha value is -0.450. The highest BCUT2D eigenvalue weighted by Crippen LogP contribution is 1.82. The van der Waals surface area contributed by atoms with Crippen molar-refractivity contribution in [1.82, 2.24) is 0 Å². The first-order chi connectivity index (χ1) is 4.91. The van der Waals surface area contributed by atoms with Crippen LogP contribution in [0.25, 0.3) is 0 Å². The molecule has 1 nitrogen and oxygen atoms in total. The number of hydrogen-bond acceptors (Lipinski definition) is 1. The van der Waals surface area contributed by atoms with E-state index in [1.807, 2.05) is 0 Å². The molecule has 0 aliphatic carbocycles. The second-order valence-electron chi connectivity index (χ2n) is 1.70. The zero-order chi connectivity index (χ0) is 7.66. The second kappa shape index (κ2) is 8.55. The number of aliphatic hydroxyl groups is 1. The molecule has 0 atom stereocenters. The molecule has 0 amide bonds. The number of halogens is 1. The molecule has 0 radical (unpaired) electrons. The van der Waals surface area contributed by atoms with E-state index >= 15 is 0 Å². The standard InChI is InChI=1S/C8H11ClO/c9-7-5-3-1-2-4-6-8-10/h3,5,10H,4,6-8H2/b5-3+. The van der Waals surface area contributed by atoms with Crippen molar-refractivity contribution in [3.63, 3.8) is 0 Å². The highest BCUT2D eigenvalue weighted by molar-refractivity contribution is 6.18. The lowest BCUT2D eigenvalue weighted by molar-refractivity contribution is 0.290. The van der Waals surface area contributed by atoms with Crippen molar-refractivity contribution in [1.29, 1.82) is 0 Å². The number of aliphatic hydroxyl groups excluding tert-OH is 1. The number of unbranched alkanes of at least 4 members (excludes halogenated alkanes) is 1. The molecule has 0 spiro atoms. The van der Waals surface area contributed by atoms with Crippen LogP contribution in [0.4, 0.5) is 0 Å². The van der Waals surface area contributed by atoms with Crippen LogP contribution in [0.1, 0.15) is 12.8 Å². The van der Waals surface area contributed by atoms with Crippen LogP contribution in [0.2, 0.25) is 0 Å². The predicted molar refractivity (Wildman–Crippen MR) is 44.0 cm³/mol. The van der Waals surface area contributed by atoms with Crippen LogP contribution in [0.3, 0.4) is 0 Å². The van der Waals surface area contributed by atoms with Gasteiger partial charge in [0.1, 0.15) is 0 Å². The highest BCUT2D eigenvalue weighted by atomic mass is 35.5. The van der Waals surface area contributed by atoms with Gasteiger partial charge in [-0.25, -0.2) is 0 Å². The smallest absolute Gasteiger partial charge is 0.0440 e. The van der Waals surface area contributed by atoms with E-state index in [0.29, 0.717) is 5.88 Å². The Morgan fingerprint density at radius 1 is 1.50 bits per heavy atom. The van der Waals surface area contributed by atoms with Gasteiger partial charge in [0.2, 0.25) is 0 Å². The Labute approximate surface area is 66.7 Å². The molecule has 0 saturated carbocycles. The van der Waals surface area contributed by atoms with Crippen LogP contribution in [-0.4, -0.2) is 17.6 Å². The molecule has 10 heavy (non-hydrogen) atoms. The van der Waals surface area contributed by atoms with E-state index < -0.39 is 0 Å². The van der Waals surface area contributed by atoms with Gasteiger partial charge in [0, 0.05) is 18.9 Å². The third-order valence-corrected chi connectivity index (χ3v) is 1.03. The fraction of sp³-hybridized carbons (Fsp3) is 0.500. The van der Waals surface area contributed by atoms with Gasteiger partial charge in [0.15, 0.2) is 0 Å². The molecular formula is C8H11ClO. The van der Waals surface area contributed by atoms with E-state index in [9.17, 15) is 0 Å². The monoisotopic (exact) mass is 158 g/mol. The molecule has 0 unspecified atom stereocenters. The van der Waals surface area contributed by atoms with Crippen molar-refractivity contribution in [3.8, 4) is 11.8 Å². The summed E-state index contributed by atoms with van der Waals surface area (Å²) in [6.45, 7) is 0.216. The van der Waals surface area contributed by atoms with Gasteiger partial charge in [-0.05, 0) is 12.5 Å². The summed E-state index contributed by atoms with van der Waals surface area (Å²) in [5, 5.41) is 8.36. The maximum absolute atomic E-state index is 8.36. The fourth-order valence-electron chi connectivity index (χ4n) is 0.402. The summed E-state index contributed by atoms with van der Waals surface area (Å²) in [5.74, 6) is 6.17. The van der Waals surface area contributed by atoms with E-state index in [-0.39, 0.29) is 6.61 Å². The Morgan fingerprint density at radius 3 is 2.90 bits per heavy atom. The van der Waals surface area contributed by atoms with Crippen molar-refractivity contribution in [2.45, 2.75) is 12.8 Å². The number of allylic oxidation sites excluding steroid dienone is 2. The minimum atomic E-state index is 0.216. The number of rotatable bonds is 3. The van der Waals surface area contributed by atoms with Gasteiger partial charge in [-0.1, -0.05) is 17.9 Å². The SMILES string of the molecule is OCCCC#C/C=C/CCl. The van der Waals surface area contributed by atoms with Crippen LogP contribution < -0.4 is 0 Å². The topological polar surface area (TPSA) is 20.2 Å². The summed E-state index contributed by atoms with van der Waals surface area (Å²) in [4.78, 5) is 0. The Kier molecular flexibility index (Phi) is 8.17. The fourth-order valence-corrected chi connectivity index (χ4v) is 0.491. The first-order valence-electron chi connectivity index (χ1n) is 3.22. The van der Waals surface area contributed by atoms with E-state index in [1.54, 1.807) is 12.2 Å². The lowest BCUT2D eigenvalue weighted by Crippen LogP contribution is -1.77. The summed E-state index contributed by atoms with van der Waals surface area (Å²) in [6, 6.07) is 0. The summed E-state index contributed by atoms with van der Waals surface area (Å²) in [5.41, 5.74) is 0. The highest BCUT2D eigenvalue weighted by Gasteiger charge is 1.74. The normalized spacial score (nSPS) is 9.40. The lowest BCUT2D eigenvalue weighted by atomic mass is 10.3. The van der Waals surface area contributed by atoms with Crippen LogP contribution in [-0.2, 0) is 0 Å². The quantitative estimate of drug-likeness (QED) is 0.376. The minimum absolute atomic E-state index is 0.216. The molecule has 0 aliphatic rings. The first kappa shape index (κ1) is 9.55. The number of alkyl halides is 1. The maximum Gasteiger partial charge on any atom is 0.0440 e. The third kappa shape index (κ3) is 7.55. The van der Waals surface area contributed by atoms with Gasteiger partial charge in [-0.3, -0.25) is 0 Å². The average molecular weight is 159 g/mol. The lowest BCUT2D eigenvalue weighted by Gasteiger charge is -1.81. The van der Waals surface area contributed by atoms with Crippen molar-refractivity contribution < 1.29 is 5.11 Å². The Bertz CT molecular complexity index is 141. The van der Waals surface area contributed by atoms with Gasteiger partial charge >= 0.3 is 0 Å². The van der Waals surface area contributed by atoms with E-state index in [4.69, 9.17) is 16.7 Å². The Morgan fingerprint density at radius 2 is 2.30 bits per heavy atom. The summed E-state index contributed by atoms with van der Waals surface area (Å²) < 4.78 is 0. The molecular weight excluding hydrogens is 148 g/mol. The molecule has 0 aromatic carbocycles. The van der Waals surface area contributed by atoms with E-state index in [0.717, 1.165) is 12.8 Å². The molecule has 0 bridgehead atoms. The van der Waals surface area contributed by atoms with Crippen molar-refractivity contribution in [2.75, 3.05) is 12.5 Å². The van der Waals surface area contributed by atoms with Gasteiger partial charge in [0.25, 0.3) is 0 Å². The predicted octanol–water partition coefficient (Wildman–Crippen LogP) is 1.56. The molecule has 0 fully saturated rings.